The van der Waals surface area contributed by atoms with Crippen LogP contribution in [-0.4, -0.2) is 24.5 Å². The number of hydrogen-bond donors (Lipinski definition) is 0. The van der Waals surface area contributed by atoms with Crippen LogP contribution < -0.4 is 18.9 Å². The zero-order valence-electron chi connectivity index (χ0n) is 15.1. The van der Waals surface area contributed by atoms with Gasteiger partial charge in [0, 0.05) is 0 Å². The van der Waals surface area contributed by atoms with Crippen molar-refractivity contribution < 1.29 is 18.9 Å². The Hall–Kier alpha value is -1.04. The van der Waals surface area contributed by atoms with Crippen LogP contribution in [-0.2, 0) is 0 Å². The van der Waals surface area contributed by atoms with Crippen molar-refractivity contribution in [2.75, 3.05) is 19.6 Å². The Morgan fingerprint density at radius 2 is 1.38 bits per heavy atom. The van der Waals surface area contributed by atoms with Gasteiger partial charge < -0.3 is 10.2 Å². The van der Waals surface area contributed by atoms with Crippen molar-refractivity contribution in [3.05, 3.63) is 77.1 Å². The van der Waals surface area contributed by atoms with Gasteiger partial charge in [0.2, 0.25) is 0 Å². The normalized spacial score (nSPS) is 17.7. The second-order valence-electron chi connectivity index (χ2n) is 6.52. The summed E-state index contributed by atoms with van der Waals surface area (Å²) in [4.78, 5) is 2.59. The van der Waals surface area contributed by atoms with Gasteiger partial charge in [0.1, 0.15) is 0 Å². The molecule has 0 N–H and O–H groups in total. The van der Waals surface area contributed by atoms with Crippen molar-refractivity contribution in [2.45, 2.75) is 38.3 Å². The molecule has 2 atom stereocenters. The summed E-state index contributed by atoms with van der Waals surface area (Å²) in [5, 5.41) is 5.17. The van der Waals surface area contributed by atoms with Gasteiger partial charge in [-0.25, -0.2) is 0 Å². The molecule has 0 aliphatic carbocycles. The summed E-state index contributed by atoms with van der Waals surface area (Å²) in [5.41, 5.74) is 2.63. The van der Waals surface area contributed by atoms with Crippen LogP contribution in [0.1, 0.15) is 49.4 Å². The maximum Gasteiger partial charge on any atom is 1.00 e. The van der Waals surface area contributed by atoms with E-state index in [-0.39, 0.29) is 30.9 Å². The van der Waals surface area contributed by atoms with Gasteiger partial charge in [-0.1, -0.05) is 91.2 Å². The van der Waals surface area contributed by atoms with E-state index in [0.29, 0.717) is 0 Å². The third-order valence-corrected chi connectivity index (χ3v) is 4.75. The van der Waals surface area contributed by atoms with E-state index in [1.807, 2.05) is 0 Å². The Morgan fingerprint density at radius 1 is 0.833 bits per heavy atom. The molecule has 122 valence electrons. The Balaban J connectivity index is 0.00000208. The van der Waals surface area contributed by atoms with E-state index in [4.69, 9.17) is 5.32 Å². The molecule has 3 rings (SSSR count). The average molecular weight is 314 g/mol. The van der Waals surface area contributed by atoms with E-state index in [0.717, 1.165) is 6.54 Å². The molecule has 1 heterocycles. The summed E-state index contributed by atoms with van der Waals surface area (Å²) in [6.07, 6.45) is 4.04. The van der Waals surface area contributed by atoms with Crippen LogP contribution in [0.5, 0.6) is 0 Å². The average Bonchev–Trinajstić information content (AvgIpc) is 2.63. The fourth-order valence-corrected chi connectivity index (χ4v) is 3.39. The van der Waals surface area contributed by atoms with Crippen molar-refractivity contribution in [1.82, 2.24) is 4.90 Å². The third-order valence-electron chi connectivity index (χ3n) is 4.75. The van der Waals surface area contributed by atoms with Crippen LogP contribution in [0.25, 0.3) is 5.32 Å². The predicted octanol–water partition coefficient (Wildman–Crippen LogP) is 2.35. The number of piperidine rings is 1. The van der Waals surface area contributed by atoms with Crippen LogP contribution in [0.15, 0.2) is 60.7 Å². The molecule has 2 nitrogen and oxygen atoms in total. The van der Waals surface area contributed by atoms with Crippen molar-refractivity contribution in [2.24, 2.45) is 0 Å². The van der Waals surface area contributed by atoms with Gasteiger partial charge in [0.05, 0.1) is 0 Å². The summed E-state index contributed by atoms with van der Waals surface area (Å²) in [6, 6.07) is 21.9. The molecule has 24 heavy (non-hydrogen) atoms. The summed E-state index contributed by atoms with van der Waals surface area (Å²) in [5.74, 6) is 0. The van der Waals surface area contributed by atoms with Crippen molar-refractivity contribution in [3.63, 3.8) is 0 Å². The molecule has 1 fully saturated rings. The monoisotopic (exact) mass is 314 g/mol. The minimum absolute atomic E-state index is 0. The van der Waals surface area contributed by atoms with Gasteiger partial charge in [-0.3, -0.25) is 0 Å². The number of hydrogen-bond acceptors (Lipinski definition) is 1. The van der Waals surface area contributed by atoms with Gasteiger partial charge in [-0.15, -0.1) is 6.04 Å². The van der Waals surface area contributed by atoms with Crippen molar-refractivity contribution >= 4 is 0 Å². The van der Waals surface area contributed by atoms with Crippen LogP contribution in [0.3, 0.4) is 0 Å². The fraction of sp³-hybridized carbons (Fsp3) is 0.429. The second kappa shape index (κ2) is 10.1. The third kappa shape index (κ3) is 5.50. The van der Waals surface area contributed by atoms with E-state index in [1.54, 1.807) is 0 Å². The van der Waals surface area contributed by atoms with Gasteiger partial charge >= 0.3 is 18.9 Å². The molecule has 1 aliphatic rings. The molecule has 0 saturated carbocycles. The van der Waals surface area contributed by atoms with Crippen molar-refractivity contribution in [1.29, 1.82) is 0 Å². The molecule has 2 aromatic carbocycles. The Kier molecular flexibility index (Phi) is 8.09. The number of likely N-dealkylation sites (tertiary alicyclic amines) is 1. The number of rotatable bonds is 6. The van der Waals surface area contributed by atoms with E-state index >= 15 is 0 Å². The minimum Gasteiger partial charge on any atom is -0.648 e. The summed E-state index contributed by atoms with van der Waals surface area (Å²) in [6.45, 7) is 5.69. The van der Waals surface area contributed by atoms with E-state index in [9.17, 15) is 0 Å². The summed E-state index contributed by atoms with van der Waals surface area (Å²) < 4.78 is 0. The van der Waals surface area contributed by atoms with Gasteiger partial charge in [0.25, 0.3) is 0 Å². The van der Waals surface area contributed by atoms with Crippen LogP contribution >= 0.6 is 0 Å². The molecule has 0 unspecified atom stereocenters. The summed E-state index contributed by atoms with van der Waals surface area (Å²) in [7, 11) is 0. The smallest absolute Gasteiger partial charge is 0.648 e. The SMILES string of the molecule is C[C@H]([N-][C@@H](CN1CCCCC1)c1ccccc1)c1ccccc1.[Li+]. The number of nitrogens with zero attached hydrogens (tertiary/aromatic N) is 2. The first-order chi connectivity index (χ1) is 11.3. The van der Waals surface area contributed by atoms with Gasteiger partial charge in [-0.2, -0.15) is 0 Å². The molecule has 2 aromatic rings. The topological polar surface area (TPSA) is 17.3 Å². The largest absolute Gasteiger partial charge is 1.00 e. The minimum atomic E-state index is 0. The zero-order chi connectivity index (χ0) is 15.9. The first-order valence-electron chi connectivity index (χ1n) is 8.85. The molecule has 1 saturated heterocycles. The zero-order valence-corrected chi connectivity index (χ0v) is 15.1. The molecule has 0 aromatic heterocycles. The molecule has 0 spiro atoms. The molecule has 1 aliphatic heterocycles. The predicted molar refractivity (Wildman–Crippen MR) is 97.7 cm³/mol. The standard InChI is InChI=1S/C21H27N2.Li/c1-18(19-11-5-2-6-12-19)22-21(20-13-7-3-8-14-20)17-23-15-9-4-10-16-23;/h2-3,5-8,11-14,18,21H,4,9-10,15-17H2,1H3;/q-1;+1/t18-,21-;/m0./s1. The molecule has 0 radical (unpaired) electrons. The second-order valence-corrected chi connectivity index (χ2v) is 6.52. The first kappa shape index (κ1) is 19.3. The van der Waals surface area contributed by atoms with Gasteiger partial charge in [-0.05, 0) is 32.5 Å². The van der Waals surface area contributed by atoms with E-state index in [1.165, 1.54) is 43.5 Å². The molecular weight excluding hydrogens is 287 g/mol. The van der Waals surface area contributed by atoms with Gasteiger partial charge in [0.15, 0.2) is 0 Å². The number of benzene rings is 2. The van der Waals surface area contributed by atoms with Crippen LogP contribution in [0.4, 0.5) is 0 Å². The Bertz CT molecular complexity index is 567. The van der Waals surface area contributed by atoms with Crippen LogP contribution in [0, 0.1) is 0 Å². The molecule has 0 bridgehead atoms. The van der Waals surface area contributed by atoms with E-state index in [2.05, 4.69) is 72.5 Å². The first-order valence-corrected chi connectivity index (χ1v) is 8.85. The quantitative estimate of drug-likeness (QED) is 0.748. The van der Waals surface area contributed by atoms with E-state index < -0.39 is 0 Å². The molecule has 3 heteroatoms. The maximum atomic E-state index is 5.17. The maximum absolute atomic E-state index is 5.17. The van der Waals surface area contributed by atoms with Crippen LogP contribution in [0.2, 0.25) is 0 Å². The summed E-state index contributed by atoms with van der Waals surface area (Å²) >= 11 is 0. The Morgan fingerprint density at radius 3 is 1.96 bits per heavy atom. The molecule has 0 amide bonds. The fourth-order valence-electron chi connectivity index (χ4n) is 3.39. The van der Waals surface area contributed by atoms with Crippen molar-refractivity contribution in [3.8, 4) is 0 Å². The Labute approximate surface area is 158 Å². The molecular formula is C21H27LiN2.